The molecule has 1 aliphatic heterocycles. The molecule has 2 N–H and O–H groups in total. The number of aliphatic hydroxyl groups is 2. The summed E-state index contributed by atoms with van der Waals surface area (Å²) in [6, 6.07) is 0. The van der Waals surface area contributed by atoms with E-state index in [9.17, 15) is 9.90 Å². The molecule has 94 valence electrons. The minimum absolute atomic E-state index is 0.223. The average molecular weight is 231 g/mol. The first kappa shape index (κ1) is 13.4. The van der Waals surface area contributed by atoms with Gasteiger partial charge in [-0.25, -0.2) is 4.79 Å². The molecule has 5 heteroatoms. The largest absolute Gasteiger partial charge is 0.467 e. The number of nitrogens with zero attached hydrogens (tertiary/aromatic N) is 1. The lowest BCUT2D eigenvalue weighted by Crippen LogP contribution is -2.49. The zero-order valence-electron chi connectivity index (χ0n) is 9.98. The van der Waals surface area contributed by atoms with Crippen molar-refractivity contribution in [3.05, 3.63) is 0 Å². The molecule has 0 saturated carbocycles. The van der Waals surface area contributed by atoms with Gasteiger partial charge in [-0.15, -0.1) is 0 Å². The Morgan fingerprint density at radius 1 is 1.50 bits per heavy atom. The highest BCUT2D eigenvalue weighted by Crippen LogP contribution is 2.18. The number of rotatable bonds is 4. The number of hydrogen-bond acceptors (Lipinski definition) is 5. The summed E-state index contributed by atoms with van der Waals surface area (Å²) >= 11 is 0. The van der Waals surface area contributed by atoms with E-state index in [0.717, 1.165) is 25.9 Å². The van der Waals surface area contributed by atoms with Gasteiger partial charge in [0.05, 0.1) is 7.11 Å². The van der Waals surface area contributed by atoms with Crippen LogP contribution in [0.25, 0.3) is 0 Å². The number of aliphatic hydroxyl groups excluding tert-OH is 1. The lowest BCUT2D eigenvalue weighted by Gasteiger charge is -2.34. The zero-order chi connectivity index (χ0) is 12.2. The third kappa shape index (κ3) is 3.43. The molecule has 1 atom stereocenters. The summed E-state index contributed by atoms with van der Waals surface area (Å²) in [7, 11) is 1.27. The Hall–Kier alpha value is -0.650. The van der Waals surface area contributed by atoms with E-state index in [1.165, 1.54) is 14.0 Å². The van der Waals surface area contributed by atoms with Gasteiger partial charge in [0.2, 0.25) is 0 Å². The van der Waals surface area contributed by atoms with Crippen molar-refractivity contribution >= 4 is 5.97 Å². The molecule has 16 heavy (non-hydrogen) atoms. The predicted octanol–water partition coefficient (Wildman–Crippen LogP) is -0.385. The van der Waals surface area contributed by atoms with Crippen LogP contribution in [0.3, 0.4) is 0 Å². The Bertz CT molecular complexity index is 234. The number of ether oxygens (including phenoxy) is 1. The topological polar surface area (TPSA) is 70.0 Å². The molecule has 1 unspecified atom stereocenters. The van der Waals surface area contributed by atoms with Crippen molar-refractivity contribution in [3.8, 4) is 0 Å². The van der Waals surface area contributed by atoms with Gasteiger partial charge >= 0.3 is 5.97 Å². The first-order valence-electron chi connectivity index (χ1n) is 5.63. The second-order valence-electron chi connectivity index (χ2n) is 4.67. The van der Waals surface area contributed by atoms with E-state index in [4.69, 9.17) is 5.11 Å². The van der Waals surface area contributed by atoms with Gasteiger partial charge in [-0.05, 0) is 38.8 Å². The molecule has 1 heterocycles. The second kappa shape index (κ2) is 5.61. The summed E-state index contributed by atoms with van der Waals surface area (Å²) in [6.45, 7) is 3.59. The maximum Gasteiger partial charge on any atom is 0.338 e. The van der Waals surface area contributed by atoms with Crippen molar-refractivity contribution in [1.82, 2.24) is 4.90 Å². The molecule has 1 saturated heterocycles. The monoisotopic (exact) mass is 231 g/mol. The van der Waals surface area contributed by atoms with Crippen LogP contribution in [0.15, 0.2) is 0 Å². The Morgan fingerprint density at radius 3 is 2.50 bits per heavy atom. The smallest absolute Gasteiger partial charge is 0.338 e. The lowest BCUT2D eigenvalue weighted by molar-refractivity contribution is -0.162. The van der Waals surface area contributed by atoms with Crippen molar-refractivity contribution in [2.24, 2.45) is 5.92 Å². The fourth-order valence-electron chi connectivity index (χ4n) is 2.05. The van der Waals surface area contributed by atoms with Gasteiger partial charge in [0.1, 0.15) is 0 Å². The Morgan fingerprint density at radius 2 is 2.06 bits per heavy atom. The highest BCUT2D eigenvalue weighted by atomic mass is 16.5. The Balaban J connectivity index is 2.41. The second-order valence-corrected chi connectivity index (χ2v) is 4.67. The minimum atomic E-state index is -1.44. The van der Waals surface area contributed by atoms with Crippen LogP contribution >= 0.6 is 0 Å². The van der Waals surface area contributed by atoms with Crippen LogP contribution in [0.1, 0.15) is 19.8 Å². The number of carbonyl (C=O) groups excluding carboxylic acids is 1. The van der Waals surface area contributed by atoms with Crippen LogP contribution in [-0.2, 0) is 9.53 Å². The van der Waals surface area contributed by atoms with Crippen LogP contribution < -0.4 is 0 Å². The number of carbonyl (C=O) groups is 1. The summed E-state index contributed by atoms with van der Waals surface area (Å²) in [5.41, 5.74) is -1.44. The van der Waals surface area contributed by atoms with Crippen LogP contribution in [0.2, 0.25) is 0 Å². The maximum atomic E-state index is 11.3. The first-order valence-corrected chi connectivity index (χ1v) is 5.63. The third-order valence-corrected chi connectivity index (χ3v) is 3.12. The van der Waals surface area contributed by atoms with Gasteiger partial charge in [0, 0.05) is 13.2 Å². The van der Waals surface area contributed by atoms with Gasteiger partial charge in [0.25, 0.3) is 0 Å². The predicted molar refractivity (Wildman–Crippen MR) is 58.9 cm³/mol. The van der Waals surface area contributed by atoms with E-state index < -0.39 is 11.6 Å². The molecule has 0 aliphatic carbocycles. The Kier molecular flexibility index (Phi) is 4.70. The molecule has 1 aliphatic rings. The van der Waals surface area contributed by atoms with E-state index in [2.05, 4.69) is 4.74 Å². The van der Waals surface area contributed by atoms with Crippen LogP contribution in [-0.4, -0.2) is 60.0 Å². The summed E-state index contributed by atoms with van der Waals surface area (Å²) in [5, 5.41) is 18.9. The molecular formula is C11H21NO4. The van der Waals surface area contributed by atoms with Crippen molar-refractivity contribution in [2.45, 2.75) is 25.4 Å². The van der Waals surface area contributed by atoms with Crippen LogP contribution in [0, 0.1) is 5.92 Å². The number of methoxy groups -OCH3 is 1. The summed E-state index contributed by atoms with van der Waals surface area (Å²) in [6.07, 6.45) is 1.82. The number of likely N-dealkylation sites (tertiary alicyclic amines) is 1. The van der Waals surface area contributed by atoms with Gasteiger partial charge in [-0.1, -0.05) is 0 Å². The molecule has 0 aromatic heterocycles. The van der Waals surface area contributed by atoms with E-state index in [-0.39, 0.29) is 13.2 Å². The highest BCUT2D eigenvalue weighted by molar-refractivity contribution is 5.78. The van der Waals surface area contributed by atoms with Gasteiger partial charge in [-0.3, -0.25) is 4.90 Å². The molecule has 0 amide bonds. The number of β-amino-alcohol motifs (C(OH)–C–C–N with tert-alkyl or cyclic N) is 1. The number of esters is 1. The average Bonchev–Trinajstić information content (AvgIpc) is 2.28. The van der Waals surface area contributed by atoms with Crippen LogP contribution in [0.5, 0.6) is 0 Å². The SMILES string of the molecule is COC(=O)C(C)(O)CN1CCC(CO)CC1. The third-order valence-electron chi connectivity index (χ3n) is 3.12. The quantitative estimate of drug-likeness (QED) is 0.645. The highest BCUT2D eigenvalue weighted by Gasteiger charge is 2.34. The van der Waals surface area contributed by atoms with Crippen molar-refractivity contribution in [3.63, 3.8) is 0 Å². The van der Waals surface area contributed by atoms with Gasteiger partial charge in [0.15, 0.2) is 5.60 Å². The molecule has 0 aromatic carbocycles. The van der Waals surface area contributed by atoms with E-state index in [0.29, 0.717) is 5.92 Å². The lowest BCUT2D eigenvalue weighted by atomic mass is 9.96. The first-order chi connectivity index (χ1) is 7.49. The Labute approximate surface area is 96.0 Å². The van der Waals surface area contributed by atoms with Gasteiger partial charge < -0.3 is 14.9 Å². The standard InChI is InChI=1S/C11H21NO4/c1-11(15,10(14)16-2)8-12-5-3-9(7-13)4-6-12/h9,13,15H,3-8H2,1-2H3. The van der Waals surface area contributed by atoms with Gasteiger partial charge in [-0.2, -0.15) is 0 Å². The van der Waals surface area contributed by atoms with Crippen LogP contribution in [0.4, 0.5) is 0 Å². The minimum Gasteiger partial charge on any atom is -0.467 e. The fourth-order valence-corrected chi connectivity index (χ4v) is 2.05. The zero-order valence-corrected chi connectivity index (χ0v) is 9.98. The molecule has 0 radical (unpaired) electrons. The summed E-state index contributed by atoms with van der Waals surface area (Å²) < 4.78 is 4.54. The van der Waals surface area contributed by atoms with Crippen molar-refractivity contribution < 1.29 is 19.7 Å². The molecule has 0 aromatic rings. The number of piperidine rings is 1. The summed E-state index contributed by atoms with van der Waals surface area (Å²) in [5.74, 6) is -0.240. The summed E-state index contributed by atoms with van der Waals surface area (Å²) in [4.78, 5) is 13.3. The molecule has 0 spiro atoms. The van der Waals surface area contributed by atoms with E-state index >= 15 is 0 Å². The van der Waals surface area contributed by atoms with E-state index in [1.54, 1.807) is 0 Å². The molecule has 1 rings (SSSR count). The van der Waals surface area contributed by atoms with Crippen molar-refractivity contribution in [1.29, 1.82) is 0 Å². The number of hydrogen-bond donors (Lipinski definition) is 2. The van der Waals surface area contributed by atoms with E-state index in [1.807, 2.05) is 4.90 Å². The molecule has 0 bridgehead atoms. The normalized spacial score (nSPS) is 22.8. The molecule has 1 fully saturated rings. The maximum absolute atomic E-state index is 11.3. The molecular weight excluding hydrogens is 210 g/mol. The fraction of sp³-hybridized carbons (Fsp3) is 0.909. The van der Waals surface area contributed by atoms with Crippen molar-refractivity contribution in [2.75, 3.05) is 33.4 Å². The molecule has 5 nitrogen and oxygen atoms in total.